The third-order valence-corrected chi connectivity index (χ3v) is 3.02. The second-order valence-corrected chi connectivity index (χ2v) is 4.48. The average molecular weight is 236 g/mol. The Morgan fingerprint density at radius 1 is 1.35 bits per heavy atom. The van der Waals surface area contributed by atoms with Crippen molar-refractivity contribution in [2.45, 2.75) is 19.4 Å². The number of benzene rings is 1. The van der Waals surface area contributed by atoms with E-state index in [9.17, 15) is 0 Å². The number of nitrogens with two attached hydrogens (primary N) is 1. The molecule has 4 heteroatoms. The highest BCUT2D eigenvalue weighted by molar-refractivity contribution is 5.38. The van der Waals surface area contributed by atoms with Gasteiger partial charge < -0.3 is 15.5 Å². The quantitative estimate of drug-likeness (QED) is 0.757. The Hall–Kier alpha value is -1.10. The van der Waals surface area contributed by atoms with Crippen LogP contribution in [0.25, 0.3) is 0 Å². The SMILES string of the molecule is CN(CCCN)CCc1ccc2c(c1)OOC2. The zero-order valence-electron chi connectivity index (χ0n) is 10.3. The van der Waals surface area contributed by atoms with E-state index >= 15 is 0 Å². The number of hydrogen-bond donors (Lipinski definition) is 1. The van der Waals surface area contributed by atoms with Crippen molar-refractivity contribution in [3.05, 3.63) is 29.3 Å². The van der Waals surface area contributed by atoms with E-state index in [2.05, 4.69) is 30.1 Å². The number of nitrogens with zero attached hydrogens (tertiary/aromatic N) is 1. The second-order valence-electron chi connectivity index (χ2n) is 4.48. The molecule has 0 radical (unpaired) electrons. The van der Waals surface area contributed by atoms with Crippen LogP contribution in [-0.2, 0) is 17.9 Å². The first-order chi connectivity index (χ1) is 8.29. The molecule has 0 aromatic heterocycles. The van der Waals surface area contributed by atoms with E-state index in [-0.39, 0.29) is 0 Å². The third kappa shape index (κ3) is 3.43. The molecule has 0 atom stereocenters. The Morgan fingerprint density at radius 3 is 3.06 bits per heavy atom. The fraction of sp³-hybridized carbons (Fsp3) is 0.538. The number of fused-ring (bicyclic) bond motifs is 1. The Balaban J connectivity index is 1.83. The van der Waals surface area contributed by atoms with E-state index < -0.39 is 0 Å². The maximum Gasteiger partial charge on any atom is 0.171 e. The van der Waals surface area contributed by atoms with Crippen LogP contribution in [0.3, 0.4) is 0 Å². The molecule has 0 bridgehead atoms. The van der Waals surface area contributed by atoms with Gasteiger partial charge in [-0.2, -0.15) is 4.89 Å². The van der Waals surface area contributed by atoms with Crippen molar-refractivity contribution in [2.75, 3.05) is 26.7 Å². The smallest absolute Gasteiger partial charge is 0.171 e. The maximum absolute atomic E-state index is 5.49. The fourth-order valence-electron chi connectivity index (χ4n) is 1.90. The standard InChI is InChI=1S/C13H20N2O2/c1-15(7-2-6-14)8-5-11-3-4-12-10-16-17-13(12)9-11/h3-4,9H,2,5-8,10,14H2,1H3. The molecule has 1 aliphatic rings. The maximum atomic E-state index is 5.49. The van der Waals surface area contributed by atoms with Gasteiger partial charge in [-0.05, 0) is 44.6 Å². The van der Waals surface area contributed by atoms with Crippen molar-refractivity contribution in [1.82, 2.24) is 4.90 Å². The Kier molecular flexibility index (Phi) is 4.36. The van der Waals surface area contributed by atoms with Crippen LogP contribution >= 0.6 is 0 Å². The molecule has 1 aromatic rings. The highest BCUT2D eigenvalue weighted by Gasteiger charge is 2.13. The van der Waals surface area contributed by atoms with E-state index in [1.165, 1.54) is 5.56 Å². The molecule has 0 fully saturated rings. The summed E-state index contributed by atoms with van der Waals surface area (Å²) in [5, 5.41) is 0. The molecule has 1 aromatic carbocycles. The lowest BCUT2D eigenvalue weighted by Crippen LogP contribution is -2.24. The van der Waals surface area contributed by atoms with Crippen molar-refractivity contribution >= 4 is 0 Å². The average Bonchev–Trinajstić information content (AvgIpc) is 2.81. The van der Waals surface area contributed by atoms with Crippen molar-refractivity contribution in [3.63, 3.8) is 0 Å². The van der Waals surface area contributed by atoms with Crippen LogP contribution < -0.4 is 10.6 Å². The second kappa shape index (κ2) is 6.00. The van der Waals surface area contributed by atoms with Gasteiger partial charge in [-0.1, -0.05) is 12.1 Å². The van der Waals surface area contributed by atoms with Gasteiger partial charge in [-0.25, -0.2) is 0 Å². The van der Waals surface area contributed by atoms with Crippen molar-refractivity contribution in [2.24, 2.45) is 5.73 Å². The summed E-state index contributed by atoms with van der Waals surface area (Å²) in [7, 11) is 2.13. The first-order valence-corrected chi connectivity index (χ1v) is 6.09. The zero-order valence-corrected chi connectivity index (χ0v) is 10.3. The molecule has 0 aliphatic carbocycles. The van der Waals surface area contributed by atoms with Crippen LogP contribution in [0.5, 0.6) is 5.75 Å². The van der Waals surface area contributed by atoms with Gasteiger partial charge in [-0.15, -0.1) is 0 Å². The number of rotatable bonds is 6. The van der Waals surface area contributed by atoms with Crippen LogP contribution in [0.1, 0.15) is 17.5 Å². The summed E-state index contributed by atoms with van der Waals surface area (Å²) >= 11 is 0. The van der Waals surface area contributed by atoms with Gasteiger partial charge in [0.15, 0.2) is 5.75 Å². The summed E-state index contributed by atoms with van der Waals surface area (Å²) in [6, 6.07) is 6.30. The van der Waals surface area contributed by atoms with E-state index in [1.807, 2.05) is 0 Å². The topological polar surface area (TPSA) is 47.7 Å². The van der Waals surface area contributed by atoms with Gasteiger partial charge in [0.1, 0.15) is 6.61 Å². The number of hydrogen-bond acceptors (Lipinski definition) is 4. The predicted molar refractivity (Wildman–Crippen MR) is 66.7 cm³/mol. The molecular weight excluding hydrogens is 216 g/mol. The predicted octanol–water partition coefficient (Wildman–Crippen LogP) is 1.33. The summed E-state index contributed by atoms with van der Waals surface area (Å²) < 4.78 is 0. The molecule has 0 saturated heterocycles. The van der Waals surface area contributed by atoms with E-state index in [0.29, 0.717) is 6.61 Å². The number of likely N-dealkylation sites (N-methyl/N-ethyl adjacent to an activating group) is 1. The normalized spacial score (nSPS) is 13.8. The molecule has 94 valence electrons. The molecule has 4 nitrogen and oxygen atoms in total. The largest absolute Gasteiger partial charge is 0.337 e. The van der Waals surface area contributed by atoms with Crippen LogP contribution in [0.4, 0.5) is 0 Å². The molecule has 17 heavy (non-hydrogen) atoms. The van der Waals surface area contributed by atoms with Gasteiger partial charge >= 0.3 is 0 Å². The van der Waals surface area contributed by atoms with E-state index in [0.717, 1.165) is 43.8 Å². The van der Waals surface area contributed by atoms with Crippen molar-refractivity contribution < 1.29 is 9.78 Å². The molecule has 2 N–H and O–H groups in total. The summed E-state index contributed by atoms with van der Waals surface area (Å²) in [5.74, 6) is 0.868. The zero-order chi connectivity index (χ0) is 12.1. The van der Waals surface area contributed by atoms with Gasteiger partial charge in [0.05, 0.1) is 0 Å². The van der Waals surface area contributed by atoms with Gasteiger partial charge in [0, 0.05) is 12.1 Å². The highest BCUT2D eigenvalue weighted by atomic mass is 17.2. The molecule has 0 amide bonds. The Bertz CT molecular complexity index is 368. The van der Waals surface area contributed by atoms with Crippen LogP contribution in [-0.4, -0.2) is 31.6 Å². The molecule has 2 rings (SSSR count). The Labute approximate surface area is 102 Å². The van der Waals surface area contributed by atoms with E-state index in [1.54, 1.807) is 0 Å². The van der Waals surface area contributed by atoms with E-state index in [4.69, 9.17) is 15.5 Å². The van der Waals surface area contributed by atoms with Crippen molar-refractivity contribution in [3.8, 4) is 5.75 Å². The summed E-state index contributed by atoms with van der Waals surface area (Å²) in [6.07, 6.45) is 2.08. The third-order valence-electron chi connectivity index (χ3n) is 3.02. The molecule has 1 aliphatic heterocycles. The fourth-order valence-corrected chi connectivity index (χ4v) is 1.90. The molecule has 1 heterocycles. The highest BCUT2D eigenvalue weighted by Crippen LogP contribution is 2.27. The minimum atomic E-state index is 0.562. The van der Waals surface area contributed by atoms with Gasteiger partial charge in [-0.3, -0.25) is 0 Å². The minimum Gasteiger partial charge on any atom is -0.337 e. The van der Waals surface area contributed by atoms with Crippen molar-refractivity contribution in [1.29, 1.82) is 0 Å². The van der Waals surface area contributed by atoms with Gasteiger partial charge in [0.2, 0.25) is 0 Å². The van der Waals surface area contributed by atoms with Gasteiger partial charge in [0.25, 0.3) is 0 Å². The minimum absolute atomic E-state index is 0.562. The van der Waals surface area contributed by atoms with Crippen LogP contribution in [0.15, 0.2) is 18.2 Å². The molecule has 0 saturated carbocycles. The summed E-state index contributed by atoms with van der Waals surface area (Å²) in [6.45, 7) is 3.42. The molecule has 0 unspecified atom stereocenters. The van der Waals surface area contributed by atoms with Crippen LogP contribution in [0, 0.1) is 0 Å². The molecule has 0 spiro atoms. The summed E-state index contributed by atoms with van der Waals surface area (Å²) in [4.78, 5) is 12.3. The lowest BCUT2D eigenvalue weighted by Gasteiger charge is -2.15. The lowest BCUT2D eigenvalue weighted by atomic mass is 10.1. The first kappa shape index (κ1) is 12.4. The lowest BCUT2D eigenvalue weighted by molar-refractivity contribution is -0.194. The monoisotopic (exact) mass is 236 g/mol. The Morgan fingerprint density at radius 2 is 2.24 bits per heavy atom. The molecular formula is C13H20N2O2. The van der Waals surface area contributed by atoms with Crippen LogP contribution in [0.2, 0.25) is 0 Å². The summed E-state index contributed by atoms with van der Waals surface area (Å²) in [5.41, 5.74) is 7.90. The first-order valence-electron chi connectivity index (χ1n) is 6.09.